The molecule has 0 spiro atoms. The minimum Gasteiger partial charge on any atom is -0.478 e. The van der Waals surface area contributed by atoms with Crippen molar-refractivity contribution in [1.82, 2.24) is 34.3 Å². The van der Waals surface area contributed by atoms with Crippen LogP contribution in [-0.2, 0) is 52.8 Å². The van der Waals surface area contributed by atoms with Crippen molar-refractivity contribution >= 4 is 60.5 Å². The Bertz CT molecular complexity index is 1530. The zero-order valence-electron chi connectivity index (χ0n) is 19.9. The van der Waals surface area contributed by atoms with Gasteiger partial charge in [-0.1, -0.05) is 5.16 Å². The summed E-state index contributed by atoms with van der Waals surface area (Å²) >= 11 is 0.919. The van der Waals surface area contributed by atoms with E-state index in [0.29, 0.717) is 0 Å². The fourth-order valence-electron chi connectivity index (χ4n) is 2.99. The predicted octanol–water partition coefficient (Wildman–Crippen LogP) is -3.61. The molecule has 3 heterocycles. The predicted molar refractivity (Wildman–Crippen MR) is 130 cm³/mol. The van der Waals surface area contributed by atoms with Crippen molar-refractivity contribution in [2.45, 2.75) is 44.6 Å². The Morgan fingerprint density at radius 1 is 1.31 bits per heavy atom. The largest absolute Gasteiger partial charge is 0.478 e. The molecule has 214 valence electrons. The number of nitrogens with one attached hydrogen (secondary N) is 2. The molecule has 3 rings (SSSR count). The molecule has 2 aromatic heterocycles. The maximum absolute atomic E-state index is 13.1. The topological polar surface area (TPSA) is 304 Å². The lowest BCUT2D eigenvalue weighted by Gasteiger charge is -2.43. The Morgan fingerprint density at radius 3 is 2.51 bits per heavy atom. The first-order valence-electron chi connectivity index (χ1n) is 10.4. The van der Waals surface area contributed by atoms with Gasteiger partial charge in [-0.25, -0.2) is 19.2 Å². The molecular weight excluding hydrogens is 588 g/mol. The van der Waals surface area contributed by atoms with Gasteiger partial charge in [-0.3, -0.25) is 14.1 Å². The first-order chi connectivity index (χ1) is 17.9. The van der Waals surface area contributed by atoms with E-state index in [-0.39, 0.29) is 27.4 Å². The molecule has 1 fully saturated rings. The number of β-lactam (4-membered cyclic amide) rings is 1. The molecule has 0 aliphatic carbocycles. The van der Waals surface area contributed by atoms with Crippen LogP contribution in [0.2, 0.25) is 0 Å². The number of anilines is 1. The normalized spacial score (nSPS) is 18.5. The number of aliphatic carboxylic acids is 1. The van der Waals surface area contributed by atoms with Crippen molar-refractivity contribution in [3.05, 3.63) is 23.0 Å². The standard InChI is InChI=1S/C16H22N10O10S3/c1-16(2,14(29)30)36-24-10(8-6-37-15(17)21-8)12(27)22-11-9(26(13(11)28)39(33,34)35)5-25-19-3-7(23-25)4-20-38(18,31)32/h3,6,9,11,20H,4-5H2,1-2H3,(H2,17,21)(H,22,27)(H,29,30)(H2,18,31,32)(H,33,34,35)/t9-,11+/m1/s1. The molecule has 0 bridgehead atoms. The Labute approximate surface area is 224 Å². The molecule has 2 aromatic rings. The van der Waals surface area contributed by atoms with Gasteiger partial charge in [0.15, 0.2) is 10.8 Å². The van der Waals surface area contributed by atoms with Crippen LogP contribution in [0.3, 0.4) is 0 Å². The maximum Gasteiger partial charge on any atom is 0.362 e. The van der Waals surface area contributed by atoms with Crippen molar-refractivity contribution in [3.63, 3.8) is 0 Å². The lowest BCUT2D eigenvalue weighted by Crippen LogP contribution is -2.73. The average Bonchev–Trinajstić information content (AvgIpc) is 3.43. The van der Waals surface area contributed by atoms with Gasteiger partial charge in [-0.05, 0) is 13.8 Å². The molecule has 23 heteroatoms. The van der Waals surface area contributed by atoms with Gasteiger partial charge in [-0.2, -0.15) is 36.6 Å². The van der Waals surface area contributed by atoms with Gasteiger partial charge >= 0.3 is 16.3 Å². The zero-order valence-corrected chi connectivity index (χ0v) is 22.4. The molecule has 0 unspecified atom stereocenters. The second-order valence-electron chi connectivity index (χ2n) is 8.30. The van der Waals surface area contributed by atoms with Gasteiger partial charge in [0.25, 0.3) is 22.0 Å². The fraction of sp³-hybridized carbons (Fsp3) is 0.438. The van der Waals surface area contributed by atoms with Crippen LogP contribution in [0.25, 0.3) is 0 Å². The summed E-state index contributed by atoms with van der Waals surface area (Å²) in [6.45, 7) is 1.48. The molecule has 2 atom stereocenters. The minimum atomic E-state index is -5.08. The van der Waals surface area contributed by atoms with E-state index in [4.69, 9.17) is 15.7 Å². The zero-order chi connectivity index (χ0) is 29.3. The van der Waals surface area contributed by atoms with Gasteiger partial charge in [-0.15, -0.1) is 11.3 Å². The van der Waals surface area contributed by atoms with Crippen LogP contribution in [0.15, 0.2) is 16.7 Å². The van der Waals surface area contributed by atoms with E-state index < -0.39 is 68.2 Å². The number of carbonyl (C=O) groups excluding carboxylic acids is 2. The molecule has 0 aromatic carbocycles. The molecule has 1 aliphatic heterocycles. The SMILES string of the molecule is CC(C)(ON=C(C(=O)N[C@@H]1C(=O)N(S(=O)(=O)O)[C@@H]1Cn1ncc(CNS(N)(=O)=O)n1)c1csc(N)n1)C(=O)O. The van der Waals surface area contributed by atoms with Crippen molar-refractivity contribution in [3.8, 4) is 0 Å². The number of nitrogens with two attached hydrogens (primary N) is 2. The monoisotopic (exact) mass is 610 g/mol. The summed E-state index contributed by atoms with van der Waals surface area (Å²) in [6.07, 6.45) is 1.13. The number of rotatable bonds is 12. The lowest BCUT2D eigenvalue weighted by atomic mass is 9.98. The smallest absolute Gasteiger partial charge is 0.362 e. The highest BCUT2D eigenvalue weighted by Crippen LogP contribution is 2.25. The number of oxime groups is 1. The molecule has 2 amide bonds. The van der Waals surface area contributed by atoms with Crippen molar-refractivity contribution in [2.24, 2.45) is 10.3 Å². The van der Waals surface area contributed by atoms with E-state index in [9.17, 15) is 40.9 Å². The summed E-state index contributed by atoms with van der Waals surface area (Å²) in [6, 6.07) is -3.01. The Kier molecular flexibility index (Phi) is 8.23. The first kappa shape index (κ1) is 29.8. The number of carbonyl (C=O) groups is 3. The summed E-state index contributed by atoms with van der Waals surface area (Å²) in [7, 11) is -9.12. The Morgan fingerprint density at radius 2 is 1.97 bits per heavy atom. The molecule has 8 N–H and O–H groups in total. The minimum absolute atomic E-state index is 0.0237. The van der Waals surface area contributed by atoms with Crippen LogP contribution in [0.4, 0.5) is 5.13 Å². The van der Waals surface area contributed by atoms with Crippen LogP contribution in [0.1, 0.15) is 25.2 Å². The van der Waals surface area contributed by atoms with E-state index in [0.717, 1.165) is 36.2 Å². The third-order valence-electron chi connectivity index (χ3n) is 4.95. The summed E-state index contributed by atoms with van der Waals surface area (Å²) < 4.78 is 57.2. The average molecular weight is 611 g/mol. The number of amides is 2. The number of hydrogen-bond acceptors (Lipinski definition) is 14. The summed E-state index contributed by atoms with van der Waals surface area (Å²) in [5.74, 6) is -3.75. The summed E-state index contributed by atoms with van der Waals surface area (Å²) in [5, 5.41) is 29.0. The molecule has 0 radical (unpaired) electrons. The van der Waals surface area contributed by atoms with Gasteiger partial charge < -0.3 is 21.0 Å². The third-order valence-corrected chi connectivity index (χ3v) is 7.12. The number of thiazole rings is 1. The van der Waals surface area contributed by atoms with Crippen LogP contribution in [-0.4, -0.2) is 92.0 Å². The fourth-order valence-corrected chi connectivity index (χ4v) is 4.76. The number of nitrogen functional groups attached to an aromatic ring is 1. The van der Waals surface area contributed by atoms with Crippen molar-refractivity contribution in [1.29, 1.82) is 0 Å². The molecule has 0 saturated carbocycles. The quantitative estimate of drug-likeness (QED) is 0.0585. The van der Waals surface area contributed by atoms with Gasteiger partial charge in [0.2, 0.25) is 5.60 Å². The second kappa shape index (κ2) is 10.8. The highest BCUT2D eigenvalue weighted by Gasteiger charge is 2.54. The van der Waals surface area contributed by atoms with Gasteiger partial charge in [0.05, 0.1) is 25.0 Å². The molecule has 1 aliphatic rings. The third kappa shape index (κ3) is 7.21. The molecular formula is C16H22N10O10S3. The summed E-state index contributed by atoms with van der Waals surface area (Å²) in [5.41, 5.74) is 3.09. The van der Waals surface area contributed by atoms with Gasteiger partial charge in [0.1, 0.15) is 17.8 Å². The Hall–Kier alpha value is -3.77. The van der Waals surface area contributed by atoms with Gasteiger partial charge in [0, 0.05) is 5.38 Å². The maximum atomic E-state index is 13.1. The van der Waals surface area contributed by atoms with Crippen molar-refractivity contribution < 1.29 is 45.7 Å². The van der Waals surface area contributed by atoms with Crippen LogP contribution >= 0.6 is 11.3 Å². The second-order valence-corrected chi connectivity index (χ2v) is 11.9. The number of nitrogens with zero attached hydrogens (tertiary/aromatic N) is 6. The van der Waals surface area contributed by atoms with Crippen molar-refractivity contribution in [2.75, 3.05) is 5.73 Å². The van der Waals surface area contributed by atoms with E-state index in [1.165, 1.54) is 5.38 Å². The number of aromatic nitrogens is 4. The van der Waals surface area contributed by atoms with Crippen LogP contribution in [0, 0.1) is 0 Å². The number of hydrogen-bond donors (Lipinski definition) is 6. The molecule has 1 saturated heterocycles. The molecule has 39 heavy (non-hydrogen) atoms. The number of carboxylic acids is 1. The highest BCUT2D eigenvalue weighted by atomic mass is 32.2. The highest BCUT2D eigenvalue weighted by molar-refractivity contribution is 7.87. The molecule has 20 nitrogen and oxygen atoms in total. The van der Waals surface area contributed by atoms with E-state index in [1.54, 1.807) is 0 Å². The van der Waals surface area contributed by atoms with E-state index in [2.05, 4.69) is 25.7 Å². The van der Waals surface area contributed by atoms with Crippen LogP contribution < -0.4 is 20.9 Å². The first-order valence-corrected chi connectivity index (χ1v) is 14.2. The summed E-state index contributed by atoms with van der Waals surface area (Å²) in [4.78, 5) is 46.8. The van der Waals surface area contributed by atoms with E-state index >= 15 is 0 Å². The van der Waals surface area contributed by atoms with E-state index in [1.807, 2.05) is 4.72 Å². The lowest BCUT2D eigenvalue weighted by molar-refractivity contribution is -0.161. The van der Waals surface area contributed by atoms with Crippen LogP contribution in [0.5, 0.6) is 0 Å². The number of carboxylic acid groups (broad SMARTS) is 1. The Balaban J connectivity index is 1.85.